The van der Waals surface area contributed by atoms with Gasteiger partial charge in [0.25, 0.3) is 0 Å². The fourth-order valence-electron chi connectivity index (χ4n) is 4.27. The van der Waals surface area contributed by atoms with Crippen molar-refractivity contribution in [1.29, 1.82) is 0 Å². The summed E-state index contributed by atoms with van der Waals surface area (Å²) < 4.78 is 55.5. The van der Waals surface area contributed by atoms with E-state index in [4.69, 9.17) is 23.2 Å². The van der Waals surface area contributed by atoms with E-state index in [0.717, 1.165) is 21.6 Å². The predicted molar refractivity (Wildman–Crippen MR) is 187 cm³/mol. The molecule has 0 aliphatic rings. The quantitative estimate of drug-likeness (QED) is 0.0945. The molecule has 18 heteroatoms. The minimum absolute atomic E-state index is 0.0627. The van der Waals surface area contributed by atoms with E-state index in [1.54, 1.807) is 38.1 Å². The van der Waals surface area contributed by atoms with Gasteiger partial charge in [0.1, 0.15) is 0 Å². The maximum atomic E-state index is 13.9. The van der Waals surface area contributed by atoms with Crippen molar-refractivity contribution in [1.82, 2.24) is 30.4 Å². The highest BCUT2D eigenvalue weighted by molar-refractivity contribution is 8.76. The molecule has 0 amide bonds. The van der Waals surface area contributed by atoms with Gasteiger partial charge in [0.15, 0.2) is 0 Å². The summed E-state index contributed by atoms with van der Waals surface area (Å²) >= 11 is 12.9. The zero-order chi connectivity index (χ0) is 34.1. The van der Waals surface area contributed by atoms with Gasteiger partial charge in [-0.3, -0.25) is 0 Å². The van der Waals surface area contributed by atoms with Crippen LogP contribution in [0.5, 0.6) is 0 Å². The first-order valence-electron chi connectivity index (χ1n) is 13.9. The van der Waals surface area contributed by atoms with E-state index >= 15 is 0 Å². The van der Waals surface area contributed by atoms with Gasteiger partial charge in [-0.25, -0.2) is 27.0 Å². The third kappa shape index (κ3) is 7.18. The Morgan fingerprint density at radius 3 is 1.35 bits per heavy atom. The van der Waals surface area contributed by atoms with Crippen LogP contribution in [-0.2, 0) is 19.7 Å². The van der Waals surface area contributed by atoms with Gasteiger partial charge in [0, 0.05) is 31.2 Å². The molecule has 2 heterocycles. The molecule has 12 nitrogen and oxygen atoms in total. The molecule has 0 saturated heterocycles. The number of H-pyrrole nitrogens is 2. The number of nitrogens with zero attached hydrogens (tertiary/aromatic N) is 4. The molecule has 0 saturated carbocycles. The standard InChI is InChI=1S/C30H24Cl2N8O4S4/c1-17-13-25(47(41,42)29-35-27(37-39-29)33-19-9-5-3-6-10-19)23(15-21(17)31)45-46-24-16-22(32)18(2)14-26(24)48(43,44)30-36-28(38-40-30)34-20-11-7-4-8-12-20/h3-16H,1-2H3,(H2,33,35,37,39)(H2,34,36,38,40). The molecule has 0 fully saturated rings. The molecular weight excluding hydrogens is 736 g/mol. The Kier molecular flexibility index (Phi) is 9.74. The SMILES string of the molecule is Cc1cc(S(=O)(=O)c2nc(Nc3ccccc3)n[nH]2)c(SSc2cc(Cl)c(C)cc2S(=O)(=O)c2nc(Nc3ccccc3)n[nH]2)cc1Cl. The summed E-state index contributed by atoms with van der Waals surface area (Å²) in [6.07, 6.45) is 0. The Balaban J connectivity index is 1.31. The van der Waals surface area contributed by atoms with Crippen LogP contribution in [0.25, 0.3) is 0 Å². The van der Waals surface area contributed by atoms with E-state index in [0.29, 0.717) is 32.5 Å². The van der Waals surface area contributed by atoms with Crippen LogP contribution in [0.4, 0.5) is 23.3 Å². The zero-order valence-electron chi connectivity index (χ0n) is 24.9. The Bertz CT molecular complexity index is 2170. The summed E-state index contributed by atoms with van der Waals surface area (Å²) in [6.45, 7) is 3.35. The summed E-state index contributed by atoms with van der Waals surface area (Å²) in [4.78, 5) is 8.60. The van der Waals surface area contributed by atoms with Crippen LogP contribution < -0.4 is 10.6 Å². The van der Waals surface area contributed by atoms with E-state index in [1.807, 2.05) is 36.4 Å². The van der Waals surface area contributed by atoms with Crippen LogP contribution in [0.2, 0.25) is 10.0 Å². The topological polar surface area (TPSA) is 175 Å². The number of nitrogens with one attached hydrogen (secondary N) is 4. The number of para-hydroxylation sites is 2. The minimum atomic E-state index is -4.24. The highest BCUT2D eigenvalue weighted by Gasteiger charge is 2.30. The molecule has 0 unspecified atom stereocenters. The Labute approximate surface area is 293 Å². The lowest BCUT2D eigenvalue weighted by Gasteiger charge is -2.13. The fraction of sp³-hybridized carbons (Fsp3) is 0.0667. The number of aromatic nitrogens is 6. The number of rotatable bonds is 11. The van der Waals surface area contributed by atoms with E-state index in [9.17, 15) is 16.8 Å². The third-order valence-corrected chi connectivity index (χ3v) is 13.5. The molecule has 48 heavy (non-hydrogen) atoms. The second-order valence-electron chi connectivity index (χ2n) is 10.2. The normalized spacial score (nSPS) is 11.8. The number of hydrogen-bond acceptors (Lipinski definition) is 12. The lowest BCUT2D eigenvalue weighted by atomic mass is 10.2. The van der Waals surface area contributed by atoms with Crippen LogP contribution in [0.1, 0.15) is 11.1 Å². The van der Waals surface area contributed by atoms with Crippen molar-refractivity contribution in [3.63, 3.8) is 0 Å². The first-order chi connectivity index (χ1) is 22.9. The van der Waals surface area contributed by atoms with Gasteiger partial charge >= 0.3 is 0 Å². The van der Waals surface area contributed by atoms with Crippen LogP contribution >= 0.6 is 44.8 Å². The van der Waals surface area contributed by atoms with Gasteiger partial charge < -0.3 is 10.6 Å². The first kappa shape index (κ1) is 33.8. The van der Waals surface area contributed by atoms with Crippen molar-refractivity contribution >= 4 is 87.7 Å². The first-order valence-corrected chi connectivity index (χ1v) is 19.7. The van der Waals surface area contributed by atoms with Gasteiger partial charge in [0.2, 0.25) is 41.9 Å². The van der Waals surface area contributed by atoms with Crippen molar-refractivity contribution in [2.24, 2.45) is 0 Å². The molecule has 0 spiro atoms. The van der Waals surface area contributed by atoms with Crippen LogP contribution in [-0.4, -0.2) is 47.2 Å². The molecular formula is C30H24Cl2N8O4S4. The van der Waals surface area contributed by atoms with Crippen LogP contribution in [0.15, 0.2) is 115 Å². The number of hydrogen-bond donors (Lipinski definition) is 4. The van der Waals surface area contributed by atoms with Gasteiger partial charge in [-0.05, 0) is 73.5 Å². The predicted octanol–water partition coefficient (Wildman–Crippen LogP) is 7.80. The van der Waals surface area contributed by atoms with E-state index in [-0.39, 0.29) is 41.8 Å². The molecule has 4 aromatic carbocycles. The summed E-state index contributed by atoms with van der Waals surface area (Å²) in [5.41, 5.74) is 2.37. The lowest BCUT2D eigenvalue weighted by Crippen LogP contribution is -2.07. The summed E-state index contributed by atoms with van der Waals surface area (Å²) in [6, 6.07) is 24.0. The van der Waals surface area contributed by atoms with Crippen LogP contribution in [0, 0.1) is 13.8 Å². The molecule has 0 aliphatic carbocycles. The number of aryl methyl sites for hydroxylation is 2. The number of benzene rings is 4. The van der Waals surface area contributed by atoms with Gasteiger partial charge in [0.05, 0.1) is 9.79 Å². The molecule has 0 bridgehead atoms. The third-order valence-electron chi connectivity index (χ3n) is 6.75. The molecule has 4 N–H and O–H groups in total. The average Bonchev–Trinajstić information content (AvgIpc) is 3.74. The molecule has 246 valence electrons. The number of sulfone groups is 2. The second-order valence-corrected chi connectivity index (χ2v) is 16.9. The maximum Gasteiger partial charge on any atom is 0.249 e. The molecule has 0 aliphatic heterocycles. The number of aromatic amines is 2. The van der Waals surface area contributed by atoms with E-state index in [1.165, 1.54) is 24.3 Å². The van der Waals surface area contributed by atoms with Gasteiger partial charge in [-0.15, -0.1) is 10.2 Å². The highest BCUT2D eigenvalue weighted by atomic mass is 35.5. The Morgan fingerprint density at radius 1 is 0.604 bits per heavy atom. The van der Waals surface area contributed by atoms with E-state index in [2.05, 4.69) is 41.0 Å². The molecule has 2 aromatic heterocycles. The largest absolute Gasteiger partial charge is 0.323 e. The number of anilines is 4. The number of halogens is 2. The van der Waals surface area contributed by atoms with Crippen molar-refractivity contribution in [3.8, 4) is 0 Å². The average molecular weight is 760 g/mol. The Hall–Kier alpha value is -4.06. The Morgan fingerprint density at radius 2 is 0.979 bits per heavy atom. The van der Waals surface area contributed by atoms with Crippen molar-refractivity contribution in [2.75, 3.05) is 10.6 Å². The smallest absolute Gasteiger partial charge is 0.249 e. The minimum Gasteiger partial charge on any atom is -0.323 e. The summed E-state index contributed by atoms with van der Waals surface area (Å²) in [7, 11) is -6.49. The second kappa shape index (κ2) is 13.8. The van der Waals surface area contributed by atoms with Gasteiger partial charge in [-0.2, -0.15) is 9.97 Å². The van der Waals surface area contributed by atoms with Crippen LogP contribution in [0.3, 0.4) is 0 Å². The zero-order valence-corrected chi connectivity index (χ0v) is 29.7. The summed E-state index contributed by atoms with van der Waals surface area (Å²) in [5.74, 6) is 0.125. The summed E-state index contributed by atoms with van der Waals surface area (Å²) in [5, 5.41) is 18.8. The lowest BCUT2D eigenvalue weighted by molar-refractivity contribution is 0.584. The van der Waals surface area contributed by atoms with Gasteiger partial charge in [-0.1, -0.05) is 81.2 Å². The molecule has 0 radical (unpaired) electrons. The molecule has 6 rings (SSSR count). The van der Waals surface area contributed by atoms with E-state index < -0.39 is 19.7 Å². The van der Waals surface area contributed by atoms with Crippen molar-refractivity contribution < 1.29 is 16.8 Å². The van der Waals surface area contributed by atoms with Crippen molar-refractivity contribution in [2.45, 2.75) is 43.7 Å². The molecule has 0 atom stereocenters. The van der Waals surface area contributed by atoms with Crippen molar-refractivity contribution in [3.05, 3.63) is 106 Å². The molecule has 6 aromatic rings. The maximum absolute atomic E-state index is 13.9. The highest BCUT2D eigenvalue weighted by Crippen LogP contribution is 2.46. The fourth-order valence-corrected chi connectivity index (χ4v) is 10.6. The monoisotopic (exact) mass is 758 g/mol.